The molecule has 0 saturated carbocycles. The molecule has 0 aromatic heterocycles. The van der Waals surface area contributed by atoms with Gasteiger partial charge in [-0.15, -0.1) is 0 Å². The molecule has 4 nitrogen and oxygen atoms in total. The van der Waals surface area contributed by atoms with Crippen LogP contribution in [0.4, 0.5) is 0 Å². The molecule has 0 radical (unpaired) electrons. The summed E-state index contributed by atoms with van der Waals surface area (Å²) in [7, 11) is 0. The smallest absolute Gasteiger partial charge is 0.262 e. The Bertz CT molecular complexity index is 874. The Morgan fingerprint density at radius 1 is 1.22 bits per heavy atom. The van der Waals surface area contributed by atoms with Gasteiger partial charge in [0.15, 0.2) is 5.75 Å². The molecule has 6 heteroatoms. The van der Waals surface area contributed by atoms with Crippen LogP contribution in [-0.4, -0.2) is 11.9 Å². The predicted molar refractivity (Wildman–Crippen MR) is 109 cm³/mol. The van der Waals surface area contributed by atoms with Crippen LogP contribution in [0.1, 0.15) is 30.5 Å². The zero-order chi connectivity index (χ0) is 20.0. The van der Waals surface area contributed by atoms with Crippen LogP contribution in [0, 0.1) is 18.3 Å². The van der Waals surface area contributed by atoms with Gasteiger partial charge >= 0.3 is 0 Å². The van der Waals surface area contributed by atoms with Crippen LogP contribution in [0.25, 0.3) is 6.08 Å². The lowest BCUT2D eigenvalue weighted by molar-refractivity contribution is -0.117. The topological polar surface area (TPSA) is 62.1 Å². The Morgan fingerprint density at radius 3 is 2.33 bits per heavy atom. The van der Waals surface area contributed by atoms with Gasteiger partial charge in [0.2, 0.25) is 0 Å². The van der Waals surface area contributed by atoms with E-state index in [0.29, 0.717) is 28.0 Å². The summed E-state index contributed by atoms with van der Waals surface area (Å²) in [4.78, 5) is 12.0. The van der Waals surface area contributed by atoms with Gasteiger partial charge in [-0.3, -0.25) is 4.79 Å². The lowest BCUT2D eigenvalue weighted by Crippen LogP contribution is -2.30. The zero-order valence-electron chi connectivity index (χ0n) is 15.3. The van der Waals surface area contributed by atoms with E-state index >= 15 is 0 Å². The number of hydrogen-bond acceptors (Lipinski definition) is 3. The Balaban J connectivity index is 2.20. The second-order valence-corrected chi connectivity index (χ2v) is 7.20. The normalized spacial score (nSPS) is 11.2. The summed E-state index contributed by atoms with van der Waals surface area (Å²) in [5, 5.41) is 12.5. The van der Waals surface area contributed by atoms with Crippen molar-refractivity contribution in [3.8, 4) is 11.8 Å². The first-order valence-corrected chi connectivity index (χ1v) is 9.15. The van der Waals surface area contributed by atoms with Crippen molar-refractivity contribution < 1.29 is 9.53 Å². The molecule has 0 heterocycles. The maximum Gasteiger partial charge on any atom is 0.262 e. The van der Waals surface area contributed by atoms with Gasteiger partial charge in [0, 0.05) is 6.04 Å². The summed E-state index contributed by atoms with van der Waals surface area (Å²) < 4.78 is 5.75. The van der Waals surface area contributed by atoms with Gasteiger partial charge in [-0.1, -0.05) is 53.0 Å². The number of benzene rings is 2. The average Bonchev–Trinajstić information content (AvgIpc) is 2.59. The van der Waals surface area contributed by atoms with Crippen molar-refractivity contribution in [2.45, 2.75) is 33.4 Å². The standard InChI is InChI=1S/C21H20Cl2N2O2/c1-13(2)25-21(26)17(11-24)8-16-9-18(22)20(19(23)10-16)27-12-15-6-4-14(3)5-7-15/h4-10,13H,12H2,1-3H3,(H,25,26)/b17-8-. The van der Waals surface area contributed by atoms with Gasteiger partial charge in [0.05, 0.1) is 10.0 Å². The van der Waals surface area contributed by atoms with Crippen molar-refractivity contribution in [1.29, 1.82) is 5.26 Å². The van der Waals surface area contributed by atoms with E-state index in [9.17, 15) is 10.1 Å². The zero-order valence-corrected chi connectivity index (χ0v) is 16.9. The Labute approximate surface area is 169 Å². The molecule has 140 valence electrons. The van der Waals surface area contributed by atoms with Crippen molar-refractivity contribution in [1.82, 2.24) is 5.32 Å². The van der Waals surface area contributed by atoms with Crippen LogP contribution in [0.3, 0.4) is 0 Å². The molecule has 0 spiro atoms. The van der Waals surface area contributed by atoms with Crippen LogP contribution in [0.2, 0.25) is 10.0 Å². The van der Waals surface area contributed by atoms with E-state index in [-0.39, 0.29) is 11.6 Å². The van der Waals surface area contributed by atoms with Crippen LogP contribution < -0.4 is 10.1 Å². The number of nitrogens with zero attached hydrogens (tertiary/aromatic N) is 1. The largest absolute Gasteiger partial charge is 0.486 e. The fourth-order valence-corrected chi connectivity index (χ4v) is 2.91. The number of carbonyl (C=O) groups is 1. The van der Waals surface area contributed by atoms with Crippen LogP contribution in [0.15, 0.2) is 42.0 Å². The molecular formula is C21H20Cl2N2O2. The number of hydrogen-bond donors (Lipinski definition) is 1. The van der Waals surface area contributed by atoms with E-state index < -0.39 is 5.91 Å². The lowest BCUT2D eigenvalue weighted by Gasteiger charge is -2.12. The summed E-state index contributed by atoms with van der Waals surface area (Å²) in [5.74, 6) is -0.0827. The monoisotopic (exact) mass is 402 g/mol. The van der Waals surface area contributed by atoms with Crippen molar-refractivity contribution >= 4 is 35.2 Å². The number of carbonyl (C=O) groups excluding carboxylic acids is 1. The number of nitriles is 1. The Hall–Kier alpha value is -2.48. The third kappa shape index (κ3) is 6.02. The summed E-state index contributed by atoms with van der Waals surface area (Å²) in [6, 6.07) is 13.0. The summed E-state index contributed by atoms with van der Waals surface area (Å²) in [6.45, 7) is 5.98. The number of halogens is 2. The Morgan fingerprint density at radius 2 is 1.81 bits per heavy atom. The molecule has 0 aliphatic heterocycles. The van der Waals surface area contributed by atoms with Gasteiger partial charge in [-0.25, -0.2) is 0 Å². The van der Waals surface area contributed by atoms with E-state index in [0.717, 1.165) is 5.56 Å². The third-order valence-electron chi connectivity index (χ3n) is 3.62. The minimum atomic E-state index is -0.445. The van der Waals surface area contributed by atoms with E-state index in [4.69, 9.17) is 27.9 Å². The van der Waals surface area contributed by atoms with E-state index in [1.807, 2.05) is 51.1 Å². The second-order valence-electron chi connectivity index (χ2n) is 6.39. The molecule has 0 aliphatic rings. The molecule has 1 amide bonds. The van der Waals surface area contributed by atoms with Gasteiger partial charge < -0.3 is 10.1 Å². The van der Waals surface area contributed by atoms with Crippen molar-refractivity contribution in [3.05, 3.63) is 68.7 Å². The number of amides is 1. The molecule has 0 aliphatic carbocycles. The maximum absolute atomic E-state index is 12.0. The highest BCUT2D eigenvalue weighted by Gasteiger charge is 2.13. The lowest BCUT2D eigenvalue weighted by atomic mass is 10.1. The minimum absolute atomic E-state index is 0.0239. The number of aryl methyl sites for hydroxylation is 1. The summed E-state index contributed by atoms with van der Waals surface area (Å²) >= 11 is 12.6. The molecule has 27 heavy (non-hydrogen) atoms. The van der Waals surface area contributed by atoms with Gasteiger partial charge in [0.1, 0.15) is 18.2 Å². The molecule has 0 bridgehead atoms. The molecule has 0 saturated heterocycles. The first-order chi connectivity index (χ1) is 12.8. The predicted octanol–water partition coefficient (Wildman–Crippen LogP) is 5.31. The summed E-state index contributed by atoms with van der Waals surface area (Å²) in [5.41, 5.74) is 2.68. The summed E-state index contributed by atoms with van der Waals surface area (Å²) in [6.07, 6.45) is 1.44. The first kappa shape index (κ1) is 20.8. The molecule has 2 aromatic rings. The minimum Gasteiger partial charge on any atom is -0.486 e. The van der Waals surface area contributed by atoms with Crippen LogP contribution in [0.5, 0.6) is 5.75 Å². The first-order valence-electron chi connectivity index (χ1n) is 8.40. The molecule has 0 atom stereocenters. The average molecular weight is 403 g/mol. The maximum atomic E-state index is 12.0. The van der Waals surface area contributed by atoms with Crippen molar-refractivity contribution in [2.24, 2.45) is 0 Å². The van der Waals surface area contributed by atoms with Crippen LogP contribution >= 0.6 is 23.2 Å². The Kier molecular flexibility index (Phi) is 7.29. The van der Waals surface area contributed by atoms with Crippen molar-refractivity contribution in [2.75, 3.05) is 0 Å². The molecule has 0 unspecified atom stereocenters. The SMILES string of the molecule is Cc1ccc(COc2c(Cl)cc(/C=C(/C#N)C(=O)NC(C)C)cc2Cl)cc1. The fraction of sp³-hybridized carbons (Fsp3) is 0.238. The van der Waals surface area contributed by atoms with Crippen LogP contribution in [-0.2, 0) is 11.4 Å². The van der Waals surface area contributed by atoms with Gasteiger partial charge in [-0.05, 0) is 50.1 Å². The molecular weight excluding hydrogens is 383 g/mol. The number of nitrogens with one attached hydrogen (secondary N) is 1. The van der Waals surface area contributed by atoms with E-state index in [1.54, 1.807) is 12.1 Å². The highest BCUT2D eigenvalue weighted by atomic mass is 35.5. The highest BCUT2D eigenvalue weighted by molar-refractivity contribution is 6.37. The van der Waals surface area contributed by atoms with Crippen molar-refractivity contribution in [3.63, 3.8) is 0 Å². The van der Waals surface area contributed by atoms with E-state index in [1.165, 1.54) is 11.6 Å². The second kappa shape index (κ2) is 9.45. The highest BCUT2D eigenvalue weighted by Crippen LogP contribution is 2.35. The van der Waals surface area contributed by atoms with Gasteiger partial charge in [0.25, 0.3) is 5.91 Å². The molecule has 2 rings (SSSR count). The quantitative estimate of drug-likeness (QED) is 0.525. The third-order valence-corrected chi connectivity index (χ3v) is 4.18. The fourth-order valence-electron chi connectivity index (χ4n) is 2.30. The molecule has 1 N–H and O–H groups in total. The number of ether oxygens (including phenoxy) is 1. The van der Waals surface area contributed by atoms with E-state index in [2.05, 4.69) is 5.32 Å². The molecule has 0 fully saturated rings. The number of rotatable bonds is 6. The van der Waals surface area contributed by atoms with Gasteiger partial charge in [-0.2, -0.15) is 5.26 Å². The molecule has 2 aromatic carbocycles.